The topological polar surface area (TPSA) is 51.8 Å². The summed E-state index contributed by atoms with van der Waals surface area (Å²) in [7, 11) is 0. The molecule has 66 valence electrons. The first kappa shape index (κ1) is 8.34. The van der Waals surface area contributed by atoms with Gasteiger partial charge in [-0.1, -0.05) is 41.7 Å². The van der Waals surface area contributed by atoms with Crippen LogP contribution in [0.15, 0.2) is 30.3 Å². The largest absolute Gasteiger partial charge is 0.324 e. The van der Waals surface area contributed by atoms with Gasteiger partial charge in [0.05, 0.1) is 0 Å². The lowest BCUT2D eigenvalue weighted by atomic mass is 10.2. The summed E-state index contributed by atoms with van der Waals surface area (Å²) >= 11 is 1.54. The highest BCUT2D eigenvalue weighted by atomic mass is 32.1. The Labute approximate surface area is 80.2 Å². The maximum Gasteiger partial charge on any atom is 0.147 e. The van der Waals surface area contributed by atoms with Gasteiger partial charge in [0.25, 0.3) is 0 Å². The predicted molar refractivity (Wildman–Crippen MR) is 53.2 cm³/mol. The molecular weight excluding hydrogens is 182 g/mol. The second kappa shape index (κ2) is 3.64. The van der Waals surface area contributed by atoms with Gasteiger partial charge in [-0.2, -0.15) is 0 Å². The Bertz CT molecular complexity index is 383. The van der Waals surface area contributed by atoms with Crippen molar-refractivity contribution in [1.82, 2.24) is 10.2 Å². The van der Waals surface area contributed by atoms with Crippen LogP contribution in [0.1, 0.15) is 5.01 Å². The van der Waals surface area contributed by atoms with E-state index in [-0.39, 0.29) is 0 Å². The van der Waals surface area contributed by atoms with Crippen molar-refractivity contribution in [3.63, 3.8) is 0 Å². The summed E-state index contributed by atoms with van der Waals surface area (Å²) in [4.78, 5) is 0. The molecule has 0 bridgehead atoms. The highest BCUT2D eigenvalue weighted by Gasteiger charge is 2.03. The van der Waals surface area contributed by atoms with Crippen LogP contribution in [0.2, 0.25) is 0 Å². The molecule has 0 aliphatic rings. The number of rotatable bonds is 2. The fourth-order valence-corrected chi connectivity index (χ4v) is 1.76. The molecule has 3 nitrogen and oxygen atoms in total. The molecule has 0 atom stereocenters. The summed E-state index contributed by atoms with van der Waals surface area (Å²) in [5, 5.41) is 9.81. The van der Waals surface area contributed by atoms with E-state index in [0.29, 0.717) is 6.54 Å². The average molecular weight is 191 g/mol. The van der Waals surface area contributed by atoms with E-state index >= 15 is 0 Å². The Kier molecular flexibility index (Phi) is 2.33. The van der Waals surface area contributed by atoms with Crippen LogP contribution in [0, 0.1) is 0 Å². The standard InChI is InChI=1S/C9H9N3S/c10-6-8-11-12-9(13-8)7-4-2-1-3-5-7/h1-5H,6,10H2. The summed E-state index contributed by atoms with van der Waals surface area (Å²) < 4.78 is 0. The molecule has 0 saturated carbocycles. The predicted octanol–water partition coefficient (Wildman–Crippen LogP) is 1.66. The minimum atomic E-state index is 0.463. The first-order valence-corrected chi connectivity index (χ1v) is 4.79. The summed E-state index contributed by atoms with van der Waals surface area (Å²) in [5.41, 5.74) is 6.55. The maximum absolute atomic E-state index is 5.45. The molecule has 1 aromatic carbocycles. The first-order valence-electron chi connectivity index (χ1n) is 3.98. The fourth-order valence-electron chi connectivity index (χ4n) is 1.03. The number of nitrogens with zero attached hydrogens (tertiary/aromatic N) is 2. The molecule has 0 saturated heterocycles. The molecule has 4 heteroatoms. The summed E-state index contributed by atoms with van der Waals surface area (Å²) in [5.74, 6) is 0. The number of hydrogen-bond donors (Lipinski definition) is 1. The maximum atomic E-state index is 5.45. The molecule has 1 heterocycles. The van der Waals surface area contributed by atoms with Gasteiger partial charge in [-0.05, 0) is 0 Å². The van der Waals surface area contributed by atoms with Gasteiger partial charge in [-0.15, -0.1) is 10.2 Å². The Balaban J connectivity index is 2.36. The summed E-state index contributed by atoms with van der Waals surface area (Å²) in [6.45, 7) is 0.463. The van der Waals surface area contributed by atoms with Crippen molar-refractivity contribution in [3.8, 4) is 10.6 Å². The van der Waals surface area contributed by atoms with Gasteiger partial charge in [0.2, 0.25) is 0 Å². The highest BCUT2D eigenvalue weighted by Crippen LogP contribution is 2.22. The lowest BCUT2D eigenvalue weighted by molar-refractivity contribution is 0.960. The van der Waals surface area contributed by atoms with E-state index in [4.69, 9.17) is 5.73 Å². The molecule has 0 spiro atoms. The smallest absolute Gasteiger partial charge is 0.147 e. The molecule has 2 rings (SSSR count). The molecule has 0 amide bonds. The zero-order chi connectivity index (χ0) is 9.10. The third-order valence-corrected chi connectivity index (χ3v) is 2.66. The zero-order valence-corrected chi connectivity index (χ0v) is 7.79. The van der Waals surface area contributed by atoms with Crippen LogP contribution >= 0.6 is 11.3 Å². The van der Waals surface area contributed by atoms with Crippen molar-refractivity contribution in [3.05, 3.63) is 35.3 Å². The van der Waals surface area contributed by atoms with E-state index in [2.05, 4.69) is 10.2 Å². The molecule has 2 N–H and O–H groups in total. The number of hydrogen-bond acceptors (Lipinski definition) is 4. The van der Waals surface area contributed by atoms with Crippen molar-refractivity contribution >= 4 is 11.3 Å². The molecule has 1 aromatic heterocycles. The Hall–Kier alpha value is -1.26. The van der Waals surface area contributed by atoms with Crippen molar-refractivity contribution in [2.24, 2.45) is 5.73 Å². The second-order valence-corrected chi connectivity index (χ2v) is 3.63. The van der Waals surface area contributed by atoms with Crippen LogP contribution in [0.25, 0.3) is 10.6 Å². The number of nitrogens with two attached hydrogens (primary N) is 1. The van der Waals surface area contributed by atoms with Gasteiger partial charge >= 0.3 is 0 Å². The summed E-state index contributed by atoms with van der Waals surface area (Å²) in [6.07, 6.45) is 0. The SMILES string of the molecule is NCc1nnc(-c2ccccc2)s1. The minimum Gasteiger partial charge on any atom is -0.324 e. The Morgan fingerprint density at radius 2 is 1.92 bits per heavy atom. The lowest BCUT2D eigenvalue weighted by Gasteiger charge is -1.91. The van der Waals surface area contributed by atoms with Gasteiger partial charge in [0, 0.05) is 12.1 Å². The quantitative estimate of drug-likeness (QED) is 0.785. The average Bonchev–Trinajstić information content (AvgIpc) is 2.67. The van der Waals surface area contributed by atoms with E-state index in [9.17, 15) is 0 Å². The van der Waals surface area contributed by atoms with Crippen LogP contribution in [-0.2, 0) is 6.54 Å². The molecule has 0 fully saturated rings. The van der Waals surface area contributed by atoms with Gasteiger partial charge in [0.15, 0.2) is 0 Å². The zero-order valence-electron chi connectivity index (χ0n) is 6.97. The van der Waals surface area contributed by atoms with Crippen molar-refractivity contribution < 1.29 is 0 Å². The fraction of sp³-hybridized carbons (Fsp3) is 0.111. The van der Waals surface area contributed by atoms with Crippen molar-refractivity contribution in [2.45, 2.75) is 6.54 Å². The Morgan fingerprint density at radius 1 is 1.15 bits per heavy atom. The minimum absolute atomic E-state index is 0.463. The number of benzene rings is 1. The second-order valence-electron chi connectivity index (χ2n) is 2.57. The third kappa shape index (κ3) is 1.74. The van der Waals surface area contributed by atoms with Crippen LogP contribution < -0.4 is 5.73 Å². The van der Waals surface area contributed by atoms with E-state index in [1.54, 1.807) is 0 Å². The molecule has 0 aliphatic carbocycles. The molecular formula is C9H9N3S. The molecule has 0 radical (unpaired) electrons. The van der Waals surface area contributed by atoms with E-state index in [1.807, 2.05) is 30.3 Å². The van der Waals surface area contributed by atoms with Crippen molar-refractivity contribution in [1.29, 1.82) is 0 Å². The lowest BCUT2D eigenvalue weighted by Crippen LogP contribution is -1.94. The van der Waals surface area contributed by atoms with E-state index in [1.165, 1.54) is 11.3 Å². The molecule has 0 aliphatic heterocycles. The van der Waals surface area contributed by atoms with Crippen LogP contribution in [0.4, 0.5) is 0 Å². The highest BCUT2D eigenvalue weighted by molar-refractivity contribution is 7.14. The monoisotopic (exact) mass is 191 g/mol. The molecule has 13 heavy (non-hydrogen) atoms. The number of aromatic nitrogens is 2. The molecule has 0 unspecified atom stereocenters. The van der Waals surface area contributed by atoms with Crippen LogP contribution in [0.3, 0.4) is 0 Å². The van der Waals surface area contributed by atoms with Crippen LogP contribution in [-0.4, -0.2) is 10.2 Å². The normalized spacial score (nSPS) is 10.2. The summed E-state index contributed by atoms with van der Waals surface area (Å²) in [6, 6.07) is 9.98. The van der Waals surface area contributed by atoms with Gasteiger partial charge in [0.1, 0.15) is 10.0 Å². The third-order valence-electron chi connectivity index (χ3n) is 1.66. The first-order chi connectivity index (χ1) is 6.40. The van der Waals surface area contributed by atoms with Gasteiger partial charge in [-0.25, -0.2) is 0 Å². The van der Waals surface area contributed by atoms with Gasteiger partial charge in [-0.3, -0.25) is 0 Å². The molecule has 2 aromatic rings. The van der Waals surface area contributed by atoms with E-state index in [0.717, 1.165) is 15.6 Å². The van der Waals surface area contributed by atoms with Crippen molar-refractivity contribution in [2.75, 3.05) is 0 Å². The Morgan fingerprint density at radius 3 is 2.54 bits per heavy atom. The van der Waals surface area contributed by atoms with E-state index < -0.39 is 0 Å². The van der Waals surface area contributed by atoms with Crippen LogP contribution in [0.5, 0.6) is 0 Å². The van der Waals surface area contributed by atoms with Gasteiger partial charge < -0.3 is 5.73 Å².